The molecule has 2 aliphatic rings. The highest BCUT2D eigenvalue weighted by molar-refractivity contribution is 5.85. The summed E-state index contributed by atoms with van der Waals surface area (Å²) in [4.78, 5) is 0. The molecule has 0 bridgehead atoms. The lowest BCUT2D eigenvalue weighted by atomic mass is 9.94. The molecule has 0 amide bonds. The van der Waals surface area contributed by atoms with E-state index in [4.69, 9.17) is 0 Å². The van der Waals surface area contributed by atoms with Gasteiger partial charge in [-0.1, -0.05) is 0 Å². The van der Waals surface area contributed by atoms with E-state index in [2.05, 4.69) is 10.6 Å². The van der Waals surface area contributed by atoms with E-state index in [1.165, 1.54) is 32.5 Å². The van der Waals surface area contributed by atoms with E-state index in [1.54, 1.807) is 0 Å². The standard InChI is InChI=1S/C7H14N2.ClH/c1-3-8-5-7-6(1)2-4-9-7;/h6-9H,1-5H2;1H. The second-order valence-electron chi connectivity index (χ2n) is 3.10. The fraction of sp³-hybridized carbons (Fsp3) is 1.00. The van der Waals surface area contributed by atoms with Crippen molar-refractivity contribution < 1.29 is 0 Å². The molecule has 60 valence electrons. The summed E-state index contributed by atoms with van der Waals surface area (Å²) < 4.78 is 0. The Balaban J connectivity index is 0.000000500. The molecule has 2 nitrogen and oxygen atoms in total. The van der Waals surface area contributed by atoms with Gasteiger partial charge in [-0.25, -0.2) is 0 Å². The molecule has 10 heavy (non-hydrogen) atoms. The lowest BCUT2D eigenvalue weighted by molar-refractivity contribution is 0.343. The van der Waals surface area contributed by atoms with E-state index >= 15 is 0 Å². The fourth-order valence-electron chi connectivity index (χ4n) is 1.95. The van der Waals surface area contributed by atoms with Crippen molar-refractivity contribution in [2.24, 2.45) is 5.92 Å². The second-order valence-corrected chi connectivity index (χ2v) is 3.10. The van der Waals surface area contributed by atoms with Gasteiger partial charge in [0.25, 0.3) is 0 Å². The van der Waals surface area contributed by atoms with Gasteiger partial charge in [0.15, 0.2) is 0 Å². The maximum absolute atomic E-state index is 3.50. The van der Waals surface area contributed by atoms with Crippen LogP contribution in [0.2, 0.25) is 0 Å². The van der Waals surface area contributed by atoms with Crippen molar-refractivity contribution in [1.29, 1.82) is 0 Å². The highest BCUT2D eigenvalue weighted by Crippen LogP contribution is 2.20. The number of piperidine rings is 1. The van der Waals surface area contributed by atoms with Gasteiger partial charge in [-0.3, -0.25) is 0 Å². The van der Waals surface area contributed by atoms with Crippen molar-refractivity contribution >= 4 is 12.4 Å². The summed E-state index contributed by atoms with van der Waals surface area (Å²) in [5.74, 6) is 0.992. The van der Waals surface area contributed by atoms with E-state index in [-0.39, 0.29) is 12.4 Å². The van der Waals surface area contributed by atoms with Crippen LogP contribution in [0.15, 0.2) is 0 Å². The van der Waals surface area contributed by atoms with Gasteiger partial charge in [0, 0.05) is 12.6 Å². The molecule has 0 aromatic rings. The predicted molar refractivity (Wildman–Crippen MR) is 44.6 cm³/mol. The SMILES string of the molecule is C1CC2CCNC2CN1.Cl. The summed E-state index contributed by atoms with van der Waals surface area (Å²) in [5, 5.41) is 6.89. The molecule has 0 saturated carbocycles. The van der Waals surface area contributed by atoms with Crippen LogP contribution < -0.4 is 10.6 Å². The zero-order valence-electron chi connectivity index (χ0n) is 6.10. The summed E-state index contributed by atoms with van der Waals surface area (Å²) in [6.45, 7) is 3.69. The molecule has 0 aliphatic carbocycles. The number of hydrogen-bond donors (Lipinski definition) is 2. The Morgan fingerprint density at radius 1 is 1.10 bits per heavy atom. The Morgan fingerprint density at radius 2 is 1.90 bits per heavy atom. The summed E-state index contributed by atoms with van der Waals surface area (Å²) in [5.41, 5.74) is 0. The molecule has 2 atom stereocenters. The van der Waals surface area contributed by atoms with Gasteiger partial charge in [-0.2, -0.15) is 0 Å². The normalized spacial score (nSPS) is 38.4. The van der Waals surface area contributed by atoms with E-state index in [9.17, 15) is 0 Å². The molecule has 2 fully saturated rings. The number of nitrogens with one attached hydrogen (secondary N) is 2. The Morgan fingerprint density at radius 3 is 2.70 bits per heavy atom. The monoisotopic (exact) mass is 162 g/mol. The van der Waals surface area contributed by atoms with Gasteiger partial charge in [0.2, 0.25) is 0 Å². The van der Waals surface area contributed by atoms with Gasteiger partial charge in [0.05, 0.1) is 0 Å². The summed E-state index contributed by atoms with van der Waals surface area (Å²) in [6, 6.07) is 0.804. The van der Waals surface area contributed by atoms with Gasteiger partial charge in [0.1, 0.15) is 0 Å². The van der Waals surface area contributed by atoms with Crippen LogP contribution in [0.3, 0.4) is 0 Å². The van der Waals surface area contributed by atoms with Crippen LogP contribution in [0.5, 0.6) is 0 Å². The van der Waals surface area contributed by atoms with Crippen LogP contribution in [0.4, 0.5) is 0 Å². The average molecular weight is 163 g/mol. The van der Waals surface area contributed by atoms with Gasteiger partial charge < -0.3 is 10.6 Å². The Hall–Kier alpha value is 0.210. The van der Waals surface area contributed by atoms with E-state index in [1.807, 2.05) is 0 Å². The zero-order chi connectivity index (χ0) is 6.10. The van der Waals surface area contributed by atoms with Crippen LogP contribution in [-0.2, 0) is 0 Å². The molecule has 0 aromatic heterocycles. The highest BCUT2D eigenvalue weighted by atomic mass is 35.5. The van der Waals surface area contributed by atoms with Crippen LogP contribution in [0.1, 0.15) is 12.8 Å². The van der Waals surface area contributed by atoms with Gasteiger partial charge in [-0.05, 0) is 31.8 Å². The van der Waals surface area contributed by atoms with Gasteiger partial charge >= 0.3 is 0 Å². The molecule has 3 heteroatoms. The molecule has 2 unspecified atom stereocenters. The molecule has 0 spiro atoms. The third-order valence-electron chi connectivity index (χ3n) is 2.55. The molecule has 0 radical (unpaired) electrons. The van der Waals surface area contributed by atoms with E-state index in [0.717, 1.165) is 12.0 Å². The van der Waals surface area contributed by atoms with Crippen LogP contribution in [0.25, 0.3) is 0 Å². The van der Waals surface area contributed by atoms with Crippen LogP contribution in [0, 0.1) is 5.92 Å². The molecular weight excluding hydrogens is 148 g/mol. The van der Waals surface area contributed by atoms with Crippen molar-refractivity contribution in [2.45, 2.75) is 18.9 Å². The third-order valence-corrected chi connectivity index (χ3v) is 2.55. The quantitative estimate of drug-likeness (QED) is 0.538. The molecule has 0 aromatic carbocycles. The van der Waals surface area contributed by atoms with E-state index in [0.29, 0.717) is 0 Å². The van der Waals surface area contributed by atoms with Crippen molar-refractivity contribution in [2.75, 3.05) is 19.6 Å². The molecule has 2 heterocycles. The lowest BCUT2D eigenvalue weighted by Crippen LogP contribution is -2.43. The largest absolute Gasteiger partial charge is 0.315 e. The average Bonchev–Trinajstić information content (AvgIpc) is 2.33. The van der Waals surface area contributed by atoms with Crippen LogP contribution >= 0.6 is 12.4 Å². The summed E-state index contributed by atoms with van der Waals surface area (Å²) in [7, 11) is 0. The van der Waals surface area contributed by atoms with Crippen molar-refractivity contribution in [3.63, 3.8) is 0 Å². The maximum Gasteiger partial charge on any atom is 0.0221 e. The first-order valence-electron chi connectivity index (χ1n) is 3.91. The molecule has 2 N–H and O–H groups in total. The molecule has 2 aliphatic heterocycles. The number of halogens is 1. The number of hydrogen-bond acceptors (Lipinski definition) is 2. The Bertz CT molecular complexity index is 95.8. The van der Waals surface area contributed by atoms with Gasteiger partial charge in [-0.15, -0.1) is 12.4 Å². The smallest absolute Gasteiger partial charge is 0.0221 e. The minimum Gasteiger partial charge on any atom is -0.315 e. The van der Waals surface area contributed by atoms with Crippen molar-refractivity contribution in [3.05, 3.63) is 0 Å². The third kappa shape index (κ3) is 1.44. The minimum atomic E-state index is 0. The number of rotatable bonds is 0. The summed E-state index contributed by atoms with van der Waals surface area (Å²) in [6.07, 6.45) is 2.80. The Labute approximate surface area is 68.2 Å². The Kier molecular flexibility index (Phi) is 2.96. The molecular formula is C7H15ClN2. The van der Waals surface area contributed by atoms with Crippen LogP contribution in [-0.4, -0.2) is 25.7 Å². The lowest BCUT2D eigenvalue weighted by Gasteiger charge is -2.25. The molecule has 2 rings (SSSR count). The second kappa shape index (κ2) is 3.56. The fourth-order valence-corrected chi connectivity index (χ4v) is 1.95. The van der Waals surface area contributed by atoms with Crippen molar-refractivity contribution in [3.8, 4) is 0 Å². The zero-order valence-corrected chi connectivity index (χ0v) is 6.91. The number of fused-ring (bicyclic) bond motifs is 1. The first-order valence-corrected chi connectivity index (χ1v) is 3.91. The van der Waals surface area contributed by atoms with Crippen molar-refractivity contribution in [1.82, 2.24) is 10.6 Å². The minimum absolute atomic E-state index is 0. The first-order chi connectivity index (χ1) is 4.47. The topological polar surface area (TPSA) is 24.1 Å². The first kappa shape index (κ1) is 8.31. The maximum atomic E-state index is 3.50. The summed E-state index contributed by atoms with van der Waals surface area (Å²) >= 11 is 0. The highest BCUT2D eigenvalue weighted by Gasteiger charge is 2.28. The van der Waals surface area contributed by atoms with E-state index < -0.39 is 0 Å². The molecule has 2 saturated heterocycles. The predicted octanol–water partition coefficient (Wildman–Crippen LogP) is 0.380.